The van der Waals surface area contributed by atoms with Crippen molar-refractivity contribution in [2.75, 3.05) is 0 Å². The number of aliphatic hydroxyl groups excluding tert-OH is 2. The predicted octanol–water partition coefficient (Wildman–Crippen LogP) is 0.587. The van der Waals surface area contributed by atoms with Gasteiger partial charge < -0.3 is 10.2 Å². The van der Waals surface area contributed by atoms with Crippen molar-refractivity contribution in [3.8, 4) is 0 Å². The van der Waals surface area contributed by atoms with Crippen LogP contribution >= 0.6 is 0 Å². The number of amides is 2. The third kappa shape index (κ3) is 3.76. The van der Waals surface area contributed by atoms with Crippen LogP contribution in [-0.2, 0) is 9.59 Å². The molecule has 2 fully saturated rings. The van der Waals surface area contributed by atoms with E-state index in [-0.39, 0.29) is 23.7 Å². The molecule has 0 radical (unpaired) electrons. The normalized spacial score (nSPS) is 35.0. The van der Waals surface area contributed by atoms with Crippen molar-refractivity contribution >= 4 is 11.8 Å². The summed E-state index contributed by atoms with van der Waals surface area (Å²) in [6.45, 7) is 2.13. The molecular formula is C14H23NO4. The fourth-order valence-electron chi connectivity index (χ4n) is 3.36. The Balaban J connectivity index is 1.90. The molecular weight excluding hydrogens is 246 g/mol. The van der Waals surface area contributed by atoms with Gasteiger partial charge in [0.15, 0.2) is 0 Å². The highest BCUT2D eigenvalue weighted by molar-refractivity contribution is 5.97. The Morgan fingerprint density at radius 3 is 2.53 bits per heavy atom. The van der Waals surface area contributed by atoms with Crippen LogP contribution in [0, 0.1) is 17.8 Å². The highest BCUT2D eigenvalue weighted by Gasteiger charge is 2.35. The van der Waals surface area contributed by atoms with Gasteiger partial charge in [-0.25, -0.2) is 0 Å². The molecule has 2 aliphatic rings. The molecule has 0 bridgehead atoms. The van der Waals surface area contributed by atoms with Gasteiger partial charge in [0.05, 0.1) is 12.2 Å². The first kappa shape index (κ1) is 14.5. The van der Waals surface area contributed by atoms with Crippen LogP contribution in [0.15, 0.2) is 0 Å². The fraction of sp³-hybridized carbons (Fsp3) is 0.857. The zero-order valence-electron chi connectivity index (χ0n) is 11.3. The summed E-state index contributed by atoms with van der Waals surface area (Å²) in [6.07, 6.45) is 2.47. The summed E-state index contributed by atoms with van der Waals surface area (Å²) in [7, 11) is 0. The van der Waals surface area contributed by atoms with Crippen LogP contribution < -0.4 is 5.32 Å². The number of hydrogen-bond donors (Lipinski definition) is 3. The lowest BCUT2D eigenvalue weighted by molar-refractivity contribution is -0.135. The Morgan fingerprint density at radius 1 is 1.26 bits per heavy atom. The Bertz CT molecular complexity index is 341. The van der Waals surface area contributed by atoms with E-state index in [0.29, 0.717) is 25.2 Å². The van der Waals surface area contributed by atoms with E-state index in [1.165, 1.54) is 0 Å². The molecule has 0 aromatic rings. The number of carbonyl (C=O) groups excluding carboxylic acids is 2. The first-order valence-electron chi connectivity index (χ1n) is 7.14. The van der Waals surface area contributed by atoms with Gasteiger partial charge in [0.1, 0.15) is 0 Å². The molecule has 2 amide bonds. The zero-order valence-corrected chi connectivity index (χ0v) is 11.3. The monoisotopic (exact) mass is 269 g/mol. The average molecular weight is 269 g/mol. The molecule has 1 aliphatic carbocycles. The van der Waals surface area contributed by atoms with E-state index < -0.39 is 12.2 Å². The number of hydrogen-bond acceptors (Lipinski definition) is 4. The molecule has 3 N–H and O–H groups in total. The van der Waals surface area contributed by atoms with Crippen LogP contribution in [0.1, 0.15) is 45.4 Å². The standard InChI is InChI=1S/C14H23NO4/c1-8-2-3-11(16)10(4-8)12(17)5-9-6-13(18)15-14(19)7-9/h8-12,16-17H,2-7H2,1H3,(H,15,18,19)/t8-,10-,11+,12-/m1/s1. The summed E-state index contributed by atoms with van der Waals surface area (Å²) in [5.74, 6) is -0.221. The van der Waals surface area contributed by atoms with E-state index in [9.17, 15) is 19.8 Å². The van der Waals surface area contributed by atoms with E-state index in [1.54, 1.807) is 0 Å². The topological polar surface area (TPSA) is 86.6 Å². The molecule has 0 spiro atoms. The highest BCUT2D eigenvalue weighted by atomic mass is 16.3. The number of piperidine rings is 1. The zero-order chi connectivity index (χ0) is 14.0. The van der Waals surface area contributed by atoms with Gasteiger partial charge in [-0.1, -0.05) is 6.92 Å². The average Bonchev–Trinajstić information content (AvgIpc) is 2.30. The van der Waals surface area contributed by atoms with E-state index in [4.69, 9.17) is 0 Å². The second kappa shape index (κ2) is 6.01. The van der Waals surface area contributed by atoms with Gasteiger partial charge in [-0.05, 0) is 37.5 Å². The minimum Gasteiger partial charge on any atom is -0.393 e. The molecule has 0 unspecified atom stereocenters. The van der Waals surface area contributed by atoms with Gasteiger partial charge in [0.25, 0.3) is 0 Å². The van der Waals surface area contributed by atoms with Crippen molar-refractivity contribution in [2.45, 2.75) is 57.7 Å². The summed E-state index contributed by atoms with van der Waals surface area (Å²) < 4.78 is 0. The van der Waals surface area contributed by atoms with Crippen molar-refractivity contribution < 1.29 is 19.8 Å². The van der Waals surface area contributed by atoms with Crippen LogP contribution in [0.2, 0.25) is 0 Å². The Morgan fingerprint density at radius 2 is 1.89 bits per heavy atom. The molecule has 1 saturated heterocycles. The molecule has 108 valence electrons. The number of imide groups is 1. The molecule has 5 heteroatoms. The van der Waals surface area contributed by atoms with Crippen molar-refractivity contribution in [1.82, 2.24) is 5.32 Å². The molecule has 5 nitrogen and oxygen atoms in total. The third-order valence-corrected chi connectivity index (χ3v) is 4.42. The van der Waals surface area contributed by atoms with Crippen LogP contribution in [0.4, 0.5) is 0 Å². The second-order valence-electron chi connectivity index (χ2n) is 6.20. The minimum atomic E-state index is -0.624. The number of aliphatic hydroxyl groups is 2. The summed E-state index contributed by atoms with van der Waals surface area (Å²) in [5.41, 5.74) is 0. The molecule has 1 saturated carbocycles. The Labute approximate surface area is 113 Å². The lowest BCUT2D eigenvalue weighted by Gasteiger charge is -2.36. The quantitative estimate of drug-likeness (QED) is 0.654. The molecule has 0 aromatic heterocycles. The van der Waals surface area contributed by atoms with Crippen molar-refractivity contribution in [3.05, 3.63) is 0 Å². The number of rotatable bonds is 3. The van der Waals surface area contributed by atoms with Crippen LogP contribution in [0.5, 0.6) is 0 Å². The summed E-state index contributed by atoms with van der Waals surface area (Å²) in [5, 5.41) is 22.5. The van der Waals surface area contributed by atoms with Crippen LogP contribution in [-0.4, -0.2) is 34.2 Å². The molecule has 4 atom stereocenters. The van der Waals surface area contributed by atoms with E-state index >= 15 is 0 Å². The van der Waals surface area contributed by atoms with Gasteiger partial charge in [-0.15, -0.1) is 0 Å². The Hall–Kier alpha value is -0.940. The summed E-state index contributed by atoms with van der Waals surface area (Å²) in [6, 6.07) is 0. The number of nitrogens with one attached hydrogen (secondary N) is 1. The van der Waals surface area contributed by atoms with Gasteiger partial charge >= 0.3 is 0 Å². The van der Waals surface area contributed by atoms with Crippen molar-refractivity contribution in [1.29, 1.82) is 0 Å². The molecule has 2 rings (SSSR count). The lowest BCUT2D eigenvalue weighted by atomic mass is 9.75. The van der Waals surface area contributed by atoms with Gasteiger partial charge in [-0.2, -0.15) is 0 Å². The first-order valence-corrected chi connectivity index (χ1v) is 7.14. The summed E-state index contributed by atoms with van der Waals surface area (Å²) >= 11 is 0. The number of carbonyl (C=O) groups is 2. The minimum absolute atomic E-state index is 0.0966. The second-order valence-corrected chi connectivity index (χ2v) is 6.20. The first-order chi connectivity index (χ1) is 8.95. The van der Waals surface area contributed by atoms with Crippen LogP contribution in [0.3, 0.4) is 0 Å². The van der Waals surface area contributed by atoms with E-state index in [2.05, 4.69) is 12.2 Å². The molecule has 19 heavy (non-hydrogen) atoms. The third-order valence-electron chi connectivity index (χ3n) is 4.42. The maximum atomic E-state index is 11.3. The fourth-order valence-corrected chi connectivity index (χ4v) is 3.36. The largest absolute Gasteiger partial charge is 0.393 e. The molecule has 0 aromatic carbocycles. The Kier molecular flexibility index (Phi) is 4.58. The van der Waals surface area contributed by atoms with Gasteiger partial charge in [0, 0.05) is 18.8 Å². The van der Waals surface area contributed by atoms with E-state index in [1.807, 2.05) is 0 Å². The maximum absolute atomic E-state index is 11.3. The van der Waals surface area contributed by atoms with Gasteiger partial charge in [-0.3, -0.25) is 14.9 Å². The maximum Gasteiger partial charge on any atom is 0.226 e. The van der Waals surface area contributed by atoms with E-state index in [0.717, 1.165) is 19.3 Å². The van der Waals surface area contributed by atoms with Crippen LogP contribution in [0.25, 0.3) is 0 Å². The van der Waals surface area contributed by atoms with Crippen molar-refractivity contribution in [2.24, 2.45) is 17.8 Å². The van der Waals surface area contributed by atoms with Gasteiger partial charge in [0.2, 0.25) is 11.8 Å². The lowest BCUT2D eigenvalue weighted by Crippen LogP contribution is -2.42. The SMILES string of the molecule is C[C@@H]1CC[C@H](O)[C@H]([C@H](O)CC2CC(=O)NC(=O)C2)C1. The predicted molar refractivity (Wildman–Crippen MR) is 69.0 cm³/mol. The molecule has 1 heterocycles. The smallest absolute Gasteiger partial charge is 0.226 e. The highest BCUT2D eigenvalue weighted by Crippen LogP contribution is 2.34. The summed E-state index contributed by atoms with van der Waals surface area (Å²) in [4.78, 5) is 22.6. The van der Waals surface area contributed by atoms with Crippen molar-refractivity contribution in [3.63, 3.8) is 0 Å². The molecule has 1 aliphatic heterocycles.